The van der Waals surface area contributed by atoms with E-state index >= 15 is 0 Å². The summed E-state index contributed by atoms with van der Waals surface area (Å²) < 4.78 is 63.6. The predicted molar refractivity (Wildman–Crippen MR) is 102 cm³/mol. The summed E-state index contributed by atoms with van der Waals surface area (Å²) in [6.45, 7) is 0.278. The quantitative estimate of drug-likeness (QED) is 0.259. The van der Waals surface area contributed by atoms with Gasteiger partial charge < -0.3 is 4.57 Å². The lowest BCUT2D eigenvalue weighted by Crippen LogP contribution is -2.14. The Hall–Kier alpha value is -3.44. The van der Waals surface area contributed by atoms with Gasteiger partial charge in [-0.05, 0) is 35.9 Å². The number of aromatic nitrogens is 4. The maximum atomic E-state index is 13.0. The van der Waals surface area contributed by atoms with Crippen molar-refractivity contribution in [3.8, 4) is 11.4 Å². The maximum Gasteiger partial charge on any atom is 0.433 e. The number of alkyl halides is 3. The van der Waals surface area contributed by atoms with Gasteiger partial charge in [0.05, 0.1) is 11.4 Å². The van der Waals surface area contributed by atoms with Crippen molar-refractivity contribution >= 4 is 9.84 Å². The van der Waals surface area contributed by atoms with Gasteiger partial charge in [0, 0.05) is 42.8 Å². The van der Waals surface area contributed by atoms with Crippen molar-refractivity contribution in [3.63, 3.8) is 0 Å². The van der Waals surface area contributed by atoms with E-state index in [0.29, 0.717) is 6.07 Å². The summed E-state index contributed by atoms with van der Waals surface area (Å²) in [6, 6.07) is 9.42. The van der Waals surface area contributed by atoms with E-state index in [1.54, 1.807) is 24.7 Å². The third-order valence-electron chi connectivity index (χ3n) is 3.49. The van der Waals surface area contributed by atoms with Gasteiger partial charge in [-0.25, -0.2) is 18.4 Å². The first-order valence-electron chi connectivity index (χ1n) is 8.30. The molecule has 0 aliphatic carbocycles. The van der Waals surface area contributed by atoms with E-state index in [1.165, 1.54) is 10.6 Å². The first-order chi connectivity index (χ1) is 14.1. The molecule has 0 aliphatic heterocycles. The Morgan fingerprint density at radius 1 is 1.17 bits per heavy atom. The number of hydrogen-bond donors (Lipinski definition) is 0. The third-order valence-corrected chi connectivity index (χ3v) is 4.34. The SMILES string of the molecule is CS(=O)(=O)c1nc(-c2cccn2CCN=[N+]=[N-])cc(C(F)(F)F)n1.c1ccncc1. The van der Waals surface area contributed by atoms with Crippen LogP contribution in [0.15, 0.2) is 65.3 Å². The lowest BCUT2D eigenvalue weighted by atomic mass is 10.2. The zero-order valence-corrected chi connectivity index (χ0v) is 16.4. The van der Waals surface area contributed by atoms with Crippen LogP contribution in [0.25, 0.3) is 21.8 Å². The molecule has 3 aromatic rings. The molecule has 0 aliphatic rings. The molecule has 30 heavy (non-hydrogen) atoms. The summed E-state index contributed by atoms with van der Waals surface area (Å²) in [7, 11) is -4.03. The van der Waals surface area contributed by atoms with Gasteiger partial charge in [-0.3, -0.25) is 4.98 Å². The summed E-state index contributed by atoms with van der Waals surface area (Å²) in [5.74, 6) is 0. The minimum absolute atomic E-state index is 0.0777. The van der Waals surface area contributed by atoms with E-state index < -0.39 is 26.9 Å². The highest BCUT2D eigenvalue weighted by atomic mass is 32.2. The second-order valence-electron chi connectivity index (χ2n) is 5.76. The van der Waals surface area contributed by atoms with Gasteiger partial charge in [-0.2, -0.15) is 13.2 Å². The van der Waals surface area contributed by atoms with Gasteiger partial charge in [0.15, 0.2) is 0 Å². The average molecular weight is 439 g/mol. The Bertz CT molecular complexity index is 1100. The molecule has 0 saturated carbocycles. The first-order valence-corrected chi connectivity index (χ1v) is 10.2. The van der Waals surface area contributed by atoms with Gasteiger partial charge in [-0.15, -0.1) is 0 Å². The van der Waals surface area contributed by atoms with Crippen LogP contribution in [0.5, 0.6) is 0 Å². The van der Waals surface area contributed by atoms with Crippen LogP contribution >= 0.6 is 0 Å². The maximum absolute atomic E-state index is 13.0. The lowest BCUT2D eigenvalue weighted by Gasteiger charge is -2.11. The molecular formula is C17H16F3N7O2S. The molecule has 13 heteroatoms. The second kappa shape index (κ2) is 9.85. The molecule has 0 atom stereocenters. The molecule has 158 valence electrons. The highest BCUT2D eigenvalue weighted by Gasteiger charge is 2.35. The summed E-state index contributed by atoms with van der Waals surface area (Å²) in [5, 5.41) is 2.44. The molecule has 0 unspecified atom stereocenters. The number of nitrogens with zero attached hydrogens (tertiary/aromatic N) is 7. The molecule has 0 fully saturated rings. The summed E-state index contributed by atoms with van der Waals surface area (Å²) in [4.78, 5) is 13.2. The fourth-order valence-corrected chi connectivity index (χ4v) is 2.75. The van der Waals surface area contributed by atoms with Crippen molar-refractivity contribution in [2.24, 2.45) is 5.11 Å². The molecule has 0 radical (unpaired) electrons. The van der Waals surface area contributed by atoms with Crippen LogP contribution in [0, 0.1) is 0 Å². The highest BCUT2D eigenvalue weighted by molar-refractivity contribution is 7.90. The number of azide groups is 1. The standard InChI is InChI=1S/C12H11F3N6O2S.C5H5N/c1-24(22,23)11-18-8(7-10(19-11)12(13,14)15)9-3-2-5-21(9)6-4-17-20-16;1-2-4-6-5-3-1/h2-3,5,7H,4,6H2,1H3;1-5H. The number of pyridine rings is 1. The van der Waals surface area contributed by atoms with E-state index in [1.807, 2.05) is 18.2 Å². The van der Waals surface area contributed by atoms with E-state index in [4.69, 9.17) is 5.53 Å². The molecule has 0 N–H and O–H groups in total. The van der Waals surface area contributed by atoms with Crippen molar-refractivity contribution in [1.29, 1.82) is 0 Å². The zero-order valence-electron chi connectivity index (χ0n) is 15.6. The number of sulfone groups is 1. The number of rotatable bonds is 5. The van der Waals surface area contributed by atoms with E-state index in [2.05, 4.69) is 25.0 Å². The van der Waals surface area contributed by atoms with Gasteiger partial charge in [0.25, 0.3) is 0 Å². The minimum atomic E-state index is -4.82. The molecular weight excluding hydrogens is 423 g/mol. The van der Waals surface area contributed by atoms with Crippen molar-refractivity contribution < 1.29 is 21.6 Å². The number of halogens is 3. The minimum Gasteiger partial charge on any atom is -0.346 e. The van der Waals surface area contributed by atoms with Crippen molar-refractivity contribution in [2.75, 3.05) is 12.8 Å². The van der Waals surface area contributed by atoms with E-state index in [-0.39, 0.29) is 24.5 Å². The van der Waals surface area contributed by atoms with Crippen molar-refractivity contribution in [3.05, 3.63) is 71.1 Å². The van der Waals surface area contributed by atoms with Crippen LogP contribution < -0.4 is 0 Å². The summed E-state index contributed by atoms with van der Waals surface area (Å²) >= 11 is 0. The average Bonchev–Trinajstić information content (AvgIpc) is 3.17. The smallest absolute Gasteiger partial charge is 0.346 e. The molecule has 0 spiro atoms. The molecule has 0 saturated heterocycles. The lowest BCUT2D eigenvalue weighted by molar-refractivity contribution is -0.141. The van der Waals surface area contributed by atoms with Gasteiger partial charge >= 0.3 is 6.18 Å². The van der Waals surface area contributed by atoms with Crippen LogP contribution in [-0.4, -0.2) is 40.7 Å². The van der Waals surface area contributed by atoms with Crippen LogP contribution in [0.3, 0.4) is 0 Å². The topological polar surface area (TPSA) is 126 Å². The molecule has 3 heterocycles. The van der Waals surface area contributed by atoms with Crippen LogP contribution in [0.1, 0.15) is 5.69 Å². The Morgan fingerprint density at radius 3 is 2.37 bits per heavy atom. The van der Waals surface area contributed by atoms with E-state index in [9.17, 15) is 21.6 Å². The summed E-state index contributed by atoms with van der Waals surface area (Å²) in [6.07, 6.45) is 0.963. The Kier molecular flexibility index (Phi) is 7.50. The Morgan fingerprint density at radius 2 is 1.87 bits per heavy atom. The van der Waals surface area contributed by atoms with Crippen LogP contribution in [-0.2, 0) is 22.6 Å². The molecule has 9 nitrogen and oxygen atoms in total. The van der Waals surface area contributed by atoms with Crippen molar-refractivity contribution in [1.82, 2.24) is 19.5 Å². The monoisotopic (exact) mass is 439 g/mol. The second-order valence-corrected chi connectivity index (χ2v) is 7.67. The van der Waals surface area contributed by atoms with Gasteiger partial charge in [-0.1, -0.05) is 11.2 Å². The highest BCUT2D eigenvalue weighted by Crippen LogP contribution is 2.31. The predicted octanol–water partition coefficient (Wildman–Crippen LogP) is 3.76. The molecule has 0 aromatic carbocycles. The Balaban J connectivity index is 0.000000456. The van der Waals surface area contributed by atoms with Crippen LogP contribution in [0.4, 0.5) is 13.2 Å². The third kappa shape index (κ3) is 6.57. The largest absolute Gasteiger partial charge is 0.433 e. The molecule has 3 rings (SSSR count). The van der Waals surface area contributed by atoms with E-state index in [0.717, 1.165) is 6.26 Å². The van der Waals surface area contributed by atoms with Crippen LogP contribution in [0.2, 0.25) is 0 Å². The fraction of sp³-hybridized carbons (Fsp3) is 0.235. The van der Waals surface area contributed by atoms with Gasteiger partial charge in [0.2, 0.25) is 15.0 Å². The summed E-state index contributed by atoms with van der Waals surface area (Å²) in [5.41, 5.74) is 6.98. The normalized spacial score (nSPS) is 11.2. The zero-order chi connectivity index (χ0) is 22.2. The molecule has 0 bridgehead atoms. The molecule has 0 amide bonds. The number of hydrogen-bond acceptors (Lipinski definition) is 6. The van der Waals surface area contributed by atoms with Crippen molar-refractivity contribution in [2.45, 2.75) is 17.9 Å². The molecule has 3 aromatic heterocycles. The van der Waals surface area contributed by atoms with Gasteiger partial charge in [0.1, 0.15) is 5.69 Å². The first kappa shape index (κ1) is 22.8. The Labute approximate surface area is 169 Å². The fourth-order valence-electron chi connectivity index (χ4n) is 2.22.